The highest BCUT2D eigenvalue weighted by atomic mass is 35.5. The molecule has 0 aliphatic carbocycles. The molecule has 0 aliphatic rings. The molecule has 1 aromatic carbocycles. The van der Waals surface area contributed by atoms with Crippen molar-refractivity contribution in [2.45, 2.75) is 25.8 Å². The minimum absolute atomic E-state index is 0.0234. The predicted molar refractivity (Wildman–Crippen MR) is 75.3 cm³/mol. The van der Waals surface area contributed by atoms with Crippen LogP contribution in [-0.4, -0.2) is 34.4 Å². The summed E-state index contributed by atoms with van der Waals surface area (Å²) in [6, 6.07) is 7.52. The molecule has 2 aromatic rings. The first-order chi connectivity index (χ1) is 8.95. The molecule has 0 atom stereocenters. The van der Waals surface area contributed by atoms with Crippen molar-refractivity contribution in [3.8, 4) is 0 Å². The van der Waals surface area contributed by atoms with E-state index in [4.69, 9.17) is 16.1 Å². The van der Waals surface area contributed by atoms with Crippen molar-refractivity contribution in [1.82, 2.24) is 10.1 Å². The van der Waals surface area contributed by atoms with Crippen LogP contribution in [0.5, 0.6) is 0 Å². The van der Waals surface area contributed by atoms with Crippen molar-refractivity contribution >= 4 is 28.5 Å². The second kappa shape index (κ2) is 5.21. The number of rotatable bonds is 4. The van der Waals surface area contributed by atoms with Crippen LogP contribution in [0.15, 0.2) is 28.8 Å². The molecule has 0 saturated carbocycles. The van der Waals surface area contributed by atoms with E-state index in [1.807, 2.05) is 38.1 Å². The van der Waals surface area contributed by atoms with Gasteiger partial charge >= 0.3 is 0 Å². The number of likely N-dealkylation sites (N-methyl/N-ethyl adjacent to an activating group) is 1. The van der Waals surface area contributed by atoms with Gasteiger partial charge in [-0.3, -0.25) is 4.79 Å². The van der Waals surface area contributed by atoms with Crippen molar-refractivity contribution in [2.75, 3.05) is 12.9 Å². The molecule has 5 heteroatoms. The smallest absolute Gasteiger partial charge is 0.228 e. The van der Waals surface area contributed by atoms with E-state index in [0.717, 1.165) is 5.39 Å². The molecule has 0 saturated heterocycles. The van der Waals surface area contributed by atoms with Crippen LogP contribution in [0.2, 0.25) is 0 Å². The lowest BCUT2D eigenvalue weighted by Crippen LogP contribution is -2.47. The minimum Gasteiger partial charge on any atom is -0.356 e. The number of para-hydroxylation sites is 1. The monoisotopic (exact) mass is 280 g/mol. The van der Waals surface area contributed by atoms with Crippen LogP contribution >= 0.6 is 11.6 Å². The zero-order valence-electron chi connectivity index (χ0n) is 11.3. The van der Waals surface area contributed by atoms with Gasteiger partial charge in [0.2, 0.25) is 5.91 Å². The molecule has 1 aromatic heterocycles. The quantitative estimate of drug-likeness (QED) is 0.809. The molecular weight excluding hydrogens is 264 g/mol. The molecule has 2 rings (SSSR count). The number of carbonyl (C=O) groups is 1. The van der Waals surface area contributed by atoms with E-state index in [9.17, 15) is 4.79 Å². The van der Waals surface area contributed by atoms with E-state index >= 15 is 0 Å². The lowest BCUT2D eigenvalue weighted by molar-refractivity contribution is -0.133. The highest BCUT2D eigenvalue weighted by molar-refractivity contribution is 6.18. The minimum atomic E-state index is -0.377. The Hall–Kier alpha value is -1.55. The van der Waals surface area contributed by atoms with Gasteiger partial charge < -0.3 is 9.42 Å². The molecule has 0 radical (unpaired) electrons. The average Bonchev–Trinajstić information content (AvgIpc) is 2.81. The first-order valence-electron chi connectivity index (χ1n) is 6.11. The Bertz CT molecular complexity index is 592. The first kappa shape index (κ1) is 13.9. The summed E-state index contributed by atoms with van der Waals surface area (Å²) in [7, 11) is 1.76. The van der Waals surface area contributed by atoms with Gasteiger partial charge in [0.1, 0.15) is 5.69 Å². The standard InChI is InChI=1S/C14H17ClN2O2/c1-14(2,9-15)17(3)13(18)8-11-10-6-4-5-7-12(10)19-16-11/h4-7H,8-9H2,1-3H3. The fourth-order valence-electron chi connectivity index (χ4n) is 1.75. The maximum atomic E-state index is 12.2. The van der Waals surface area contributed by atoms with Gasteiger partial charge in [-0.25, -0.2) is 0 Å². The molecule has 1 heterocycles. The number of nitrogens with zero attached hydrogens (tertiary/aromatic N) is 2. The zero-order chi connectivity index (χ0) is 14.0. The van der Waals surface area contributed by atoms with Gasteiger partial charge in [-0.1, -0.05) is 17.3 Å². The molecule has 0 unspecified atom stereocenters. The lowest BCUT2D eigenvalue weighted by Gasteiger charge is -2.33. The highest BCUT2D eigenvalue weighted by Crippen LogP contribution is 2.20. The fourth-order valence-corrected chi connectivity index (χ4v) is 1.93. The van der Waals surface area contributed by atoms with E-state index in [-0.39, 0.29) is 17.9 Å². The normalized spacial score (nSPS) is 11.8. The second-order valence-corrected chi connectivity index (χ2v) is 5.47. The maximum absolute atomic E-state index is 12.2. The SMILES string of the molecule is CN(C(=O)Cc1noc2ccccc12)C(C)(C)CCl. The maximum Gasteiger partial charge on any atom is 0.228 e. The number of hydrogen-bond donors (Lipinski definition) is 0. The summed E-state index contributed by atoms with van der Waals surface area (Å²) < 4.78 is 5.19. The number of amides is 1. The van der Waals surface area contributed by atoms with Crippen LogP contribution < -0.4 is 0 Å². The highest BCUT2D eigenvalue weighted by Gasteiger charge is 2.27. The van der Waals surface area contributed by atoms with E-state index < -0.39 is 0 Å². The predicted octanol–water partition coefficient (Wildman–Crippen LogP) is 2.85. The van der Waals surface area contributed by atoms with E-state index in [1.54, 1.807) is 11.9 Å². The van der Waals surface area contributed by atoms with Gasteiger partial charge in [0, 0.05) is 18.3 Å². The van der Waals surface area contributed by atoms with Crippen LogP contribution in [-0.2, 0) is 11.2 Å². The lowest BCUT2D eigenvalue weighted by atomic mass is 10.1. The molecule has 0 N–H and O–H groups in total. The van der Waals surface area contributed by atoms with E-state index in [1.165, 1.54) is 0 Å². The molecule has 102 valence electrons. The third-order valence-corrected chi connectivity index (χ3v) is 4.03. The zero-order valence-corrected chi connectivity index (χ0v) is 12.1. The number of carbonyl (C=O) groups excluding carboxylic acids is 1. The van der Waals surface area contributed by atoms with Gasteiger partial charge in [-0.2, -0.15) is 0 Å². The Morgan fingerprint density at radius 3 is 2.79 bits per heavy atom. The Morgan fingerprint density at radius 1 is 1.42 bits per heavy atom. The van der Waals surface area contributed by atoms with Crippen LogP contribution in [0.25, 0.3) is 11.0 Å². The van der Waals surface area contributed by atoms with Crippen LogP contribution in [0.3, 0.4) is 0 Å². The number of alkyl halides is 1. The van der Waals surface area contributed by atoms with Gasteiger partial charge in [0.25, 0.3) is 0 Å². The summed E-state index contributed by atoms with van der Waals surface area (Å²) >= 11 is 5.88. The molecule has 0 fully saturated rings. The molecular formula is C14H17ClN2O2. The Kier molecular flexibility index (Phi) is 3.80. The Labute approximate surface area is 117 Å². The summed E-state index contributed by atoms with van der Waals surface area (Å²) in [4.78, 5) is 13.9. The van der Waals surface area contributed by atoms with Crippen LogP contribution in [0.4, 0.5) is 0 Å². The third kappa shape index (κ3) is 2.73. The topological polar surface area (TPSA) is 46.3 Å². The molecule has 0 aliphatic heterocycles. The van der Waals surface area contributed by atoms with Crippen LogP contribution in [0.1, 0.15) is 19.5 Å². The third-order valence-electron chi connectivity index (χ3n) is 3.38. The van der Waals surface area contributed by atoms with Crippen LogP contribution in [0, 0.1) is 0 Å². The molecule has 0 spiro atoms. The Morgan fingerprint density at radius 2 is 2.11 bits per heavy atom. The number of hydrogen-bond acceptors (Lipinski definition) is 3. The molecule has 0 bridgehead atoms. The Balaban J connectivity index is 2.20. The first-order valence-corrected chi connectivity index (χ1v) is 6.65. The largest absolute Gasteiger partial charge is 0.356 e. The van der Waals surface area contributed by atoms with Crippen molar-refractivity contribution in [3.63, 3.8) is 0 Å². The second-order valence-electron chi connectivity index (χ2n) is 5.20. The molecule has 1 amide bonds. The number of benzene rings is 1. The van der Waals surface area contributed by atoms with E-state index in [2.05, 4.69) is 5.16 Å². The molecule has 19 heavy (non-hydrogen) atoms. The van der Waals surface area contributed by atoms with Crippen molar-refractivity contribution in [2.24, 2.45) is 0 Å². The summed E-state index contributed by atoms with van der Waals surface area (Å²) in [5, 5.41) is 4.85. The summed E-state index contributed by atoms with van der Waals surface area (Å²) in [5.41, 5.74) is 0.987. The van der Waals surface area contributed by atoms with Crippen molar-refractivity contribution < 1.29 is 9.32 Å². The number of aromatic nitrogens is 1. The van der Waals surface area contributed by atoms with Gasteiger partial charge in [0.05, 0.1) is 12.0 Å². The van der Waals surface area contributed by atoms with E-state index in [0.29, 0.717) is 17.2 Å². The van der Waals surface area contributed by atoms with Crippen molar-refractivity contribution in [1.29, 1.82) is 0 Å². The van der Waals surface area contributed by atoms with Gasteiger partial charge in [0.15, 0.2) is 5.58 Å². The number of halogens is 1. The van der Waals surface area contributed by atoms with Gasteiger partial charge in [-0.05, 0) is 26.0 Å². The molecule has 4 nitrogen and oxygen atoms in total. The number of fused-ring (bicyclic) bond motifs is 1. The summed E-state index contributed by atoms with van der Waals surface area (Å²) in [6.45, 7) is 3.86. The average molecular weight is 281 g/mol. The van der Waals surface area contributed by atoms with Crippen molar-refractivity contribution in [3.05, 3.63) is 30.0 Å². The summed E-state index contributed by atoms with van der Waals surface area (Å²) in [5.74, 6) is 0.360. The summed E-state index contributed by atoms with van der Waals surface area (Å²) in [6.07, 6.45) is 0.216. The van der Waals surface area contributed by atoms with Gasteiger partial charge in [-0.15, -0.1) is 11.6 Å². The fraction of sp³-hybridized carbons (Fsp3) is 0.429.